The molecule has 2 amide bonds. The van der Waals surface area contributed by atoms with Crippen LogP contribution in [0.25, 0.3) is 22.3 Å². The third-order valence-corrected chi connectivity index (χ3v) is 8.71. The largest absolute Gasteiger partial charge is 0.426 e. The molecule has 2 saturated heterocycles. The Morgan fingerprint density at radius 3 is 2.52 bits per heavy atom. The molecule has 0 spiro atoms. The number of aromatic amines is 2. The fourth-order valence-electron chi connectivity index (χ4n) is 6.15. The van der Waals surface area contributed by atoms with Gasteiger partial charge in [-0.15, -0.1) is 10.2 Å². The van der Waals surface area contributed by atoms with Crippen LogP contribution in [0, 0.1) is 0 Å². The van der Waals surface area contributed by atoms with E-state index < -0.39 is 12.1 Å². The lowest BCUT2D eigenvalue weighted by Gasteiger charge is -2.37. The molecule has 13 heteroatoms. The second kappa shape index (κ2) is 13.0. The van der Waals surface area contributed by atoms with Crippen molar-refractivity contribution in [3.63, 3.8) is 0 Å². The van der Waals surface area contributed by atoms with Crippen LogP contribution in [0.15, 0.2) is 59.5 Å². The standard InChI is InChI=1S/C31H39N9O4/c1-37(2)24-10-14-38(15-11-24)29(41)27(19-21-8-9-26-23(18-21)20-32-35-26)33-31(43)44-39-16-12-25(13-17-39)40-30(42)34-28(36-40)22-6-4-3-5-7-22/h3-9,18,20,24-25,27H,10-17,19H2,1-2H3,(H,32,35)(H,33,43)(H,34,36,42). The molecular formula is C31H39N9O4. The lowest BCUT2D eigenvalue weighted by molar-refractivity contribution is -0.137. The van der Waals surface area contributed by atoms with Gasteiger partial charge in [-0.25, -0.2) is 14.3 Å². The Balaban J connectivity index is 1.08. The van der Waals surface area contributed by atoms with E-state index in [4.69, 9.17) is 4.84 Å². The number of nitrogens with zero attached hydrogens (tertiary/aromatic N) is 6. The number of H-pyrrole nitrogens is 2. The first-order valence-corrected chi connectivity index (χ1v) is 15.2. The lowest BCUT2D eigenvalue weighted by atomic mass is 10.00. The van der Waals surface area contributed by atoms with Crippen LogP contribution in [0.1, 0.15) is 37.3 Å². The van der Waals surface area contributed by atoms with Crippen molar-refractivity contribution in [3.05, 3.63) is 70.8 Å². The maximum atomic E-state index is 13.7. The van der Waals surface area contributed by atoms with Crippen LogP contribution < -0.4 is 11.0 Å². The molecule has 13 nitrogen and oxygen atoms in total. The van der Waals surface area contributed by atoms with Gasteiger partial charge in [0.1, 0.15) is 6.04 Å². The second-order valence-electron chi connectivity index (χ2n) is 11.8. The molecule has 2 fully saturated rings. The van der Waals surface area contributed by atoms with Crippen LogP contribution in [0.2, 0.25) is 0 Å². The SMILES string of the molecule is CN(C)C1CCN(C(=O)C(Cc2ccc3[nH]ncc3c2)NC(=O)ON2CCC(n3nc(-c4ccccc4)[nH]c3=O)CC2)CC1. The molecule has 4 aromatic rings. The zero-order chi connectivity index (χ0) is 30.6. The summed E-state index contributed by atoms with van der Waals surface area (Å²) >= 11 is 0. The first kappa shape index (κ1) is 29.6. The summed E-state index contributed by atoms with van der Waals surface area (Å²) in [6.45, 7) is 2.15. The van der Waals surface area contributed by atoms with Gasteiger partial charge in [0.2, 0.25) is 5.91 Å². The van der Waals surface area contributed by atoms with Gasteiger partial charge in [-0.1, -0.05) is 36.4 Å². The predicted molar refractivity (Wildman–Crippen MR) is 165 cm³/mol. The van der Waals surface area contributed by atoms with E-state index in [9.17, 15) is 14.4 Å². The lowest BCUT2D eigenvalue weighted by Crippen LogP contribution is -2.54. The highest BCUT2D eigenvalue weighted by Gasteiger charge is 2.32. The molecule has 1 unspecified atom stereocenters. The van der Waals surface area contributed by atoms with E-state index in [1.807, 2.05) is 53.4 Å². The molecule has 0 radical (unpaired) electrons. The number of amides is 2. The number of hydrogen-bond acceptors (Lipinski definition) is 8. The van der Waals surface area contributed by atoms with Crippen LogP contribution in [-0.2, 0) is 16.1 Å². The van der Waals surface area contributed by atoms with E-state index in [0.717, 1.165) is 34.9 Å². The summed E-state index contributed by atoms with van der Waals surface area (Å²) in [6.07, 6.45) is 4.34. The Morgan fingerprint density at radius 2 is 1.80 bits per heavy atom. The Hall–Kier alpha value is -4.49. The summed E-state index contributed by atoms with van der Waals surface area (Å²) in [5, 5.41) is 16.9. The molecule has 2 aromatic carbocycles. The number of piperidine rings is 2. The molecule has 6 rings (SSSR count). The van der Waals surface area contributed by atoms with Gasteiger partial charge < -0.3 is 20.0 Å². The number of nitrogens with one attached hydrogen (secondary N) is 3. The third-order valence-electron chi connectivity index (χ3n) is 8.71. The van der Waals surface area contributed by atoms with Gasteiger partial charge in [0, 0.05) is 49.6 Å². The van der Waals surface area contributed by atoms with Crippen molar-refractivity contribution in [2.45, 2.75) is 50.2 Å². The van der Waals surface area contributed by atoms with Crippen molar-refractivity contribution in [3.8, 4) is 11.4 Å². The zero-order valence-corrected chi connectivity index (χ0v) is 25.1. The molecule has 1 atom stereocenters. The third kappa shape index (κ3) is 6.68. The Labute approximate surface area is 255 Å². The minimum absolute atomic E-state index is 0.114. The van der Waals surface area contributed by atoms with Crippen LogP contribution in [0.4, 0.5) is 4.79 Å². The molecule has 2 aliphatic rings. The van der Waals surface area contributed by atoms with Crippen molar-refractivity contribution < 1.29 is 14.4 Å². The van der Waals surface area contributed by atoms with Gasteiger partial charge in [0.15, 0.2) is 5.82 Å². The monoisotopic (exact) mass is 601 g/mol. The second-order valence-corrected chi connectivity index (χ2v) is 11.8. The van der Waals surface area contributed by atoms with Gasteiger partial charge in [-0.05, 0) is 57.5 Å². The van der Waals surface area contributed by atoms with Crippen molar-refractivity contribution >= 4 is 22.9 Å². The number of carbonyl (C=O) groups excluding carboxylic acids is 2. The smallest absolute Gasteiger partial charge is 0.351 e. The molecule has 2 aliphatic heterocycles. The number of fused-ring (bicyclic) bond motifs is 1. The highest BCUT2D eigenvalue weighted by atomic mass is 16.7. The first-order valence-electron chi connectivity index (χ1n) is 15.2. The Kier molecular flexibility index (Phi) is 8.75. The van der Waals surface area contributed by atoms with E-state index in [-0.39, 0.29) is 17.6 Å². The van der Waals surface area contributed by atoms with E-state index >= 15 is 0 Å². The van der Waals surface area contributed by atoms with Gasteiger partial charge in [-0.3, -0.25) is 14.9 Å². The fourth-order valence-corrected chi connectivity index (χ4v) is 6.15. The van der Waals surface area contributed by atoms with Crippen LogP contribution in [0.3, 0.4) is 0 Å². The summed E-state index contributed by atoms with van der Waals surface area (Å²) in [5.41, 5.74) is 2.41. The van der Waals surface area contributed by atoms with E-state index in [1.54, 1.807) is 11.3 Å². The van der Waals surface area contributed by atoms with Gasteiger partial charge in [-0.2, -0.15) is 5.10 Å². The quantitative estimate of drug-likeness (QED) is 0.280. The fraction of sp³-hybridized carbons (Fsp3) is 0.452. The van der Waals surface area contributed by atoms with E-state index in [0.29, 0.717) is 57.3 Å². The number of hydrogen-bond donors (Lipinski definition) is 3. The molecule has 3 N–H and O–H groups in total. The molecular weight excluding hydrogens is 562 g/mol. The normalized spacial score (nSPS) is 17.7. The van der Waals surface area contributed by atoms with Crippen molar-refractivity contribution in [2.24, 2.45) is 0 Å². The number of aromatic nitrogens is 5. The highest BCUT2D eigenvalue weighted by Crippen LogP contribution is 2.23. The van der Waals surface area contributed by atoms with E-state index in [2.05, 4.69) is 44.6 Å². The Morgan fingerprint density at radius 1 is 1.05 bits per heavy atom. The van der Waals surface area contributed by atoms with Gasteiger partial charge in [0.05, 0.1) is 17.8 Å². The van der Waals surface area contributed by atoms with Crippen LogP contribution >= 0.6 is 0 Å². The molecule has 232 valence electrons. The molecule has 2 aromatic heterocycles. The number of rotatable bonds is 8. The maximum Gasteiger partial charge on any atom is 0.426 e. The minimum Gasteiger partial charge on any atom is -0.351 e. The minimum atomic E-state index is -0.778. The number of benzene rings is 2. The first-order chi connectivity index (χ1) is 21.3. The number of hydroxylamine groups is 2. The summed E-state index contributed by atoms with van der Waals surface area (Å²) in [4.78, 5) is 52.1. The molecule has 4 heterocycles. The number of carbonyl (C=O) groups is 2. The molecule has 44 heavy (non-hydrogen) atoms. The summed E-state index contributed by atoms with van der Waals surface area (Å²) in [5.74, 6) is 0.416. The molecule has 0 bridgehead atoms. The van der Waals surface area contributed by atoms with Crippen LogP contribution in [0.5, 0.6) is 0 Å². The maximum absolute atomic E-state index is 13.7. The Bertz CT molecular complexity index is 1630. The summed E-state index contributed by atoms with van der Waals surface area (Å²) < 4.78 is 1.49. The number of likely N-dealkylation sites (tertiary alicyclic amines) is 1. The average molecular weight is 602 g/mol. The van der Waals surface area contributed by atoms with E-state index in [1.165, 1.54) is 4.68 Å². The van der Waals surface area contributed by atoms with Crippen molar-refractivity contribution in [1.82, 2.24) is 45.1 Å². The van der Waals surface area contributed by atoms with Gasteiger partial charge >= 0.3 is 11.8 Å². The average Bonchev–Trinajstić information content (AvgIpc) is 3.67. The van der Waals surface area contributed by atoms with Crippen molar-refractivity contribution in [1.29, 1.82) is 0 Å². The molecule has 0 aliphatic carbocycles. The highest BCUT2D eigenvalue weighted by molar-refractivity contribution is 5.86. The van der Waals surface area contributed by atoms with Gasteiger partial charge in [0.25, 0.3) is 0 Å². The summed E-state index contributed by atoms with van der Waals surface area (Å²) in [7, 11) is 4.12. The summed E-state index contributed by atoms with van der Waals surface area (Å²) in [6, 6.07) is 14.9. The predicted octanol–water partition coefficient (Wildman–Crippen LogP) is 2.56. The zero-order valence-electron chi connectivity index (χ0n) is 25.1. The molecule has 0 saturated carbocycles. The topological polar surface area (TPSA) is 144 Å². The van der Waals surface area contributed by atoms with Crippen LogP contribution in [-0.4, -0.2) is 104 Å². The van der Waals surface area contributed by atoms with Crippen molar-refractivity contribution in [2.75, 3.05) is 40.3 Å².